The zero-order chi connectivity index (χ0) is 22.7. The minimum absolute atomic E-state index is 0.103. The van der Waals surface area contributed by atoms with Crippen molar-refractivity contribution < 1.29 is 14.3 Å². The molecule has 32 heavy (non-hydrogen) atoms. The normalized spacial score (nSPS) is 13.8. The molecule has 2 amide bonds. The lowest BCUT2D eigenvalue weighted by Gasteiger charge is -2.15. The number of carbonyl (C=O) groups is 2. The fourth-order valence-electron chi connectivity index (χ4n) is 3.76. The molecule has 11 nitrogen and oxygen atoms in total. The number of anilines is 1. The average molecular weight is 454 g/mol. The van der Waals surface area contributed by atoms with Gasteiger partial charge in [-0.15, -0.1) is 4.91 Å². The highest BCUT2D eigenvalue weighted by Crippen LogP contribution is 2.36. The zero-order valence-corrected chi connectivity index (χ0v) is 18.1. The summed E-state index contributed by atoms with van der Waals surface area (Å²) < 4.78 is 1.58. The van der Waals surface area contributed by atoms with Crippen LogP contribution in [0.25, 0.3) is 0 Å². The number of benzene rings is 1. The Labute approximate surface area is 187 Å². The average Bonchev–Trinajstić information content (AvgIpc) is 3.46. The SMILES string of the molecule is C[n+]1[nH]nnc1Sc1ccc(N=O)cc1C(=O)Nc1cc(C(N)=O)c(C2CCCC2)cn1. The number of hydrogen-bond acceptors (Lipinski definition) is 8. The summed E-state index contributed by atoms with van der Waals surface area (Å²) in [7, 11) is 1.73. The quantitative estimate of drug-likeness (QED) is 0.366. The topological polar surface area (TPSA) is 160 Å². The van der Waals surface area contributed by atoms with Gasteiger partial charge in [0.1, 0.15) is 16.6 Å². The summed E-state index contributed by atoms with van der Waals surface area (Å²) in [5.74, 6) is -0.637. The van der Waals surface area contributed by atoms with Gasteiger partial charge in [-0.2, -0.15) is 4.68 Å². The number of H-pyrrole nitrogens is 1. The standard InChI is InChI=1S/C20H20N8O3S/c1-28-20(24-26-27-28)32-16-7-6-12(25-31)8-14(16)19(30)23-17-9-13(18(21)29)15(10-22-17)11-4-2-3-5-11/h6-11H,2-5H2,1H3,(H3,21,22,23,29,30)/p+1. The molecule has 1 aliphatic rings. The third-order valence-corrected chi connectivity index (χ3v) is 6.48. The van der Waals surface area contributed by atoms with E-state index in [9.17, 15) is 14.5 Å². The van der Waals surface area contributed by atoms with E-state index in [4.69, 9.17) is 5.73 Å². The predicted molar refractivity (Wildman–Crippen MR) is 115 cm³/mol. The largest absolute Gasteiger partial charge is 0.366 e. The molecule has 1 saturated carbocycles. The number of nitrogens with one attached hydrogen (secondary N) is 2. The molecule has 1 aliphatic carbocycles. The van der Waals surface area contributed by atoms with Crippen molar-refractivity contribution in [2.75, 3.05) is 5.32 Å². The first-order valence-corrected chi connectivity index (χ1v) is 10.8. The zero-order valence-electron chi connectivity index (χ0n) is 17.2. The highest BCUT2D eigenvalue weighted by molar-refractivity contribution is 7.99. The van der Waals surface area contributed by atoms with Crippen LogP contribution in [-0.2, 0) is 7.05 Å². The van der Waals surface area contributed by atoms with Crippen molar-refractivity contribution >= 4 is 35.1 Å². The number of nitrogens with two attached hydrogens (primary N) is 1. The van der Waals surface area contributed by atoms with E-state index in [1.807, 2.05) is 0 Å². The van der Waals surface area contributed by atoms with Crippen LogP contribution in [0.3, 0.4) is 0 Å². The molecule has 3 aromatic rings. The van der Waals surface area contributed by atoms with Gasteiger partial charge in [0.05, 0.1) is 12.6 Å². The molecule has 164 valence electrons. The van der Waals surface area contributed by atoms with Crippen LogP contribution in [-0.4, -0.2) is 32.3 Å². The second-order valence-corrected chi connectivity index (χ2v) is 8.48. The molecule has 0 saturated heterocycles. The van der Waals surface area contributed by atoms with E-state index in [0.29, 0.717) is 15.6 Å². The number of tetrazole rings is 1. The van der Waals surface area contributed by atoms with Gasteiger partial charge in [0.2, 0.25) is 5.91 Å². The molecule has 2 heterocycles. The fraction of sp³-hybridized carbons (Fsp3) is 0.300. The van der Waals surface area contributed by atoms with Gasteiger partial charge in [0, 0.05) is 16.7 Å². The lowest BCUT2D eigenvalue weighted by molar-refractivity contribution is -0.765. The Balaban J connectivity index is 1.63. The molecule has 0 bridgehead atoms. The molecule has 0 spiro atoms. The number of nitrogens with zero attached hydrogens (tertiary/aromatic N) is 5. The number of aromatic nitrogens is 5. The summed E-state index contributed by atoms with van der Waals surface area (Å²) in [5.41, 5.74) is 7.08. The molecule has 4 rings (SSSR count). The van der Waals surface area contributed by atoms with Crippen molar-refractivity contribution in [1.82, 2.24) is 20.5 Å². The van der Waals surface area contributed by atoms with E-state index >= 15 is 0 Å². The van der Waals surface area contributed by atoms with Gasteiger partial charge < -0.3 is 11.1 Å². The first kappa shape index (κ1) is 21.6. The molecule has 2 aromatic heterocycles. The number of nitroso groups, excluding NO2 is 1. The van der Waals surface area contributed by atoms with Crippen LogP contribution in [0.15, 0.2) is 45.7 Å². The van der Waals surface area contributed by atoms with Gasteiger partial charge in [-0.1, -0.05) is 18.1 Å². The second kappa shape index (κ2) is 9.22. The first-order chi connectivity index (χ1) is 15.5. The van der Waals surface area contributed by atoms with Crippen molar-refractivity contribution in [1.29, 1.82) is 0 Å². The summed E-state index contributed by atoms with van der Waals surface area (Å²) in [6, 6.07) is 6.00. The summed E-state index contributed by atoms with van der Waals surface area (Å²) in [6.45, 7) is 0. The molecule has 1 fully saturated rings. The number of pyridine rings is 1. The van der Waals surface area contributed by atoms with E-state index in [2.05, 4.69) is 31.0 Å². The molecule has 1 aromatic carbocycles. The van der Waals surface area contributed by atoms with Crippen molar-refractivity contribution in [3.63, 3.8) is 0 Å². The molecule has 4 N–H and O–H groups in total. The third kappa shape index (κ3) is 4.49. The second-order valence-electron chi connectivity index (χ2n) is 7.47. The Morgan fingerprint density at radius 3 is 2.69 bits per heavy atom. The van der Waals surface area contributed by atoms with E-state index in [1.54, 1.807) is 24.0 Å². The Morgan fingerprint density at radius 1 is 1.25 bits per heavy atom. The smallest absolute Gasteiger partial charge is 0.364 e. The summed E-state index contributed by atoms with van der Waals surface area (Å²) in [5, 5.41) is 16.4. The molecule has 12 heteroatoms. The predicted octanol–water partition coefficient (Wildman–Crippen LogP) is 2.58. The summed E-state index contributed by atoms with van der Waals surface area (Å²) >= 11 is 1.19. The lowest BCUT2D eigenvalue weighted by atomic mass is 9.94. The van der Waals surface area contributed by atoms with Crippen LogP contribution in [0.4, 0.5) is 11.5 Å². The minimum atomic E-state index is -0.563. The van der Waals surface area contributed by atoms with Gasteiger partial charge in [-0.25, -0.2) is 4.98 Å². The van der Waals surface area contributed by atoms with Crippen LogP contribution >= 0.6 is 11.8 Å². The Hall–Kier alpha value is -3.67. The fourth-order valence-corrected chi connectivity index (χ4v) is 4.62. The number of rotatable bonds is 7. The van der Waals surface area contributed by atoms with Crippen molar-refractivity contribution in [2.45, 2.75) is 41.7 Å². The van der Waals surface area contributed by atoms with E-state index in [0.717, 1.165) is 31.2 Å². The van der Waals surface area contributed by atoms with Gasteiger partial charge in [0.25, 0.3) is 5.91 Å². The lowest BCUT2D eigenvalue weighted by Crippen LogP contribution is -2.32. The highest BCUT2D eigenvalue weighted by atomic mass is 32.2. The molecule has 0 unspecified atom stereocenters. The van der Waals surface area contributed by atoms with Crippen LogP contribution in [0, 0.1) is 4.91 Å². The van der Waals surface area contributed by atoms with E-state index in [1.165, 1.54) is 30.0 Å². The van der Waals surface area contributed by atoms with Crippen LogP contribution in [0.5, 0.6) is 0 Å². The van der Waals surface area contributed by atoms with Gasteiger partial charge >= 0.3 is 5.16 Å². The number of carbonyl (C=O) groups excluding carboxylic acids is 2. The molecular formula is C20H21N8O3S+. The van der Waals surface area contributed by atoms with Crippen LogP contribution < -0.4 is 15.7 Å². The maximum atomic E-state index is 13.1. The Kier molecular flexibility index (Phi) is 6.21. The number of aromatic amines is 1. The third-order valence-electron chi connectivity index (χ3n) is 5.37. The number of primary amides is 1. The van der Waals surface area contributed by atoms with E-state index < -0.39 is 11.8 Å². The molecule has 0 aliphatic heterocycles. The monoisotopic (exact) mass is 453 g/mol. The summed E-state index contributed by atoms with van der Waals surface area (Å²) in [4.78, 5) is 41.0. The maximum Gasteiger partial charge on any atom is 0.364 e. The van der Waals surface area contributed by atoms with Crippen LogP contribution in [0.2, 0.25) is 0 Å². The number of aryl methyl sites for hydroxylation is 1. The Morgan fingerprint density at radius 2 is 2.03 bits per heavy atom. The first-order valence-electron chi connectivity index (χ1n) is 9.99. The van der Waals surface area contributed by atoms with Gasteiger partial charge in [-0.3, -0.25) is 9.59 Å². The van der Waals surface area contributed by atoms with Gasteiger partial charge in [-0.05, 0) is 65.5 Å². The number of hydrogen-bond donors (Lipinski definition) is 3. The molecular weight excluding hydrogens is 432 g/mol. The maximum absolute atomic E-state index is 13.1. The molecule has 0 radical (unpaired) electrons. The minimum Gasteiger partial charge on any atom is -0.366 e. The summed E-state index contributed by atoms with van der Waals surface area (Å²) in [6.07, 6.45) is 5.79. The molecule has 0 atom stereocenters. The Bertz CT molecular complexity index is 1190. The van der Waals surface area contributed by atoms with Crippen molar-refractivity contribution in [2.24, 2.45) is 18.0 Å². The van der Waals surface area contributed by atoms with Gasteiger partial charge in [0.15, 0.2) is 5.21 Å². The van der Waals surface area contributed by atoms with Crippen LogP contribution in [0.1, 0.15) is 57.9 Å². The highest BCUT2D eigenvalue weighted by Gasteiger charge is 2.24. The number of amides is 2. The van der Waals surface area contributed by atoms with Crippen molar-refractivity contribution in [3.05, 3.63) is 52.1 Å². The van der Waals surface area contributed by atoms with E-state index in [-0.39, 0.29) is 23.0 Å². The van der Waals surface area contributed by atoms with Crippen molar-refractivity contribution in [3.8, 4) is 0 Å².